The molecule has 7 nitrogen and oxygen atoms in total. The first-order valence-electron chi connectivity index (χ1n) is 14.5. The molecular weight excluding hydrogens is 526 g/mol. The van der Waals surface area contributed by atoms with Gasteiger partial charge in [0.25, 0.3) is 5.91 Å². The van der Waals surface area contributed by atoms with Gasteiger partial charge in [-0.25, -0.2) is 4.79 Å². The van der Waals surface area contributed by atoms with E-state index in [1.807, 2.05) is 54.6 Å². The molecule has 1 aliphatic heterocycles. The monoisotopic (exact) mass is 563 g/mol. The second kappa shape index (κ2) is 14.3. The van der Waals surface area contributed by atoms with Crippen LogP contribution in [0.5, 0.6) is 5.75 Å². The summed E-state index contributed by atoms with van der Waals surface area (Å²) in [6.45, 7) is 3.25. The predicted molar refractivity (Wildman–Crippen MR) is 166 cm³/mol. The number of phenolic OH excluding ortho intramolecular Hbond substituents is 1. The smallest absolute Gasteiger partial charge is 0.411 e. The fourth-order valence-electron chi connectivity index (χ4n) is 5.24. The minimum Gasteiger partial charge on any atom is -0.507 e. The first-order chi connectivity index (χ1) is 20.5. The molecule has 0 radical (unpaired) electrons. The van der Waals surface area contributed by atoms with Crippen LogP contribution in [0.25, 0.3) is 11.1 Å². The number of rotatable bonds is 10. The lowest BCUT2D eigenvalue weighted by Crippen LogP contribution is -2.39. The molecule has 2 amide bonds. The minimum absolute atomic E-state index is 0.0118. The summed E-state index contributed by atoms with van der Waals surface area (Å²) in [4.78, 5) is 27.4. The third-order valence-corrected chi connectivity index (χ3v) is 7.64. The Labute approximate surface area is 247 Å². The number of carbonyl (C=O) groups excluding carboxylic acids is 2. The van der Waals surface area contributed by atoms with E-state index >= 15 is 0 Å². The zero-order chi connectivity index (χ0) is 29.1. The number of likely N-dealkylation sites (tertiary alicyclic amines) is 1. The lowest BCUT2D eigenvalue weighted by molar-refractivity contribution is 0.0593. The van der Waals surface area contributed by atoms with Crippen LogP contribution >= 0.6 is 0 Å². The maximum Gasteiger partial charge on any atom is 0.411 e. The van der Waals surface area contributed by atoms with Gasteiger partial charge in [-0.05, 0) is 60.6 Å². The van der Waals surface area contributed by atoms with E-state index in [9.17, 15) is 14.7 Å². The number of benzene rings is 4. The summed E-state index contributed by atoms with van der Waals surface area (Å²) >= 11 is 0. The molecule has 0 aromatic heterocycles. The maximum atomic E-state index is 12.7. The van der Waals surface area contributed by atoms with E-state index in [-0.39, 0.29) is 23.3 Å². The minimum atomic E-state index is -0.408. The van der Waals surface area contributed by atoms with Gasteiger partial charge in [0.15, 0.2) is 0 Å². The summed E-state index contributed by atoms with van der Waals surface area (Å²) in [5.41, 5.74) is 5.47. The molecule has 0 spiro atoms. The Balaban J connectivity index is 1.00. The molecule has 1 aliphatic rings. The second-order valence-corrected chi connectivity index (χ2v) is 10.6. The van der Waals surface area contributed by atoms with Crippen LogP contribution in [0.2, 0.25) is 0 Å². The molecule has 7 heteroatoms. The quantitative estimate of drug-likeness (QED) is 0.211. The highest BCUT2D eigenvalue weighted by atomic mass is 16.6. The summed E-state index contributed by atoms with van der Waals surface area (Å²) in [7, 11) is 0. The Morgan fingerprint density at radius 3 is 2.17 bits per heavy atom. The number of nitrogens with zero attached hydrogens (tertiary/aromatic N) is 1. The van der Waals surface area contributed by atoms with Crippen LogP contribution in [0.3, 0.4) is 0 Å². The number of anilines is 1. The summed E-state index contributed by atoms with van der Waals surface area (Å²) in [5, 5.41) is 15.6. The van der Waals surface area contributed by atoms with Crippen LogP contribution in [0.4, 0.5) is 10.5 Å². The van der Waals surface area contributed by atoms with E-state index in [4.69, 9.17) is 4.74 Å². The summed E-state index contributed by atoms with van der Waals surface area (Å²) in [6, 6.07) is 32.8. The average Bonchev–Trinajstić information content (AvgIpc) is 3.02. The molecule has 0 unspecified atom stereocenters. The van der Waals surface area contributed by atoms with Gasteiger partial charge in [-0.1, -0.05) is 84.9 Å². The Bertz CT molecular complexity index is 1470. The zero-order valence-corrected chi connectivity index (χ0v) is 23.7. The van der Waals surface area contributed by atoms with Gasteiger partial charge in [-0.2, -0.15) is 0 Å². The molecule has 0 aliphatic carbocycles. The van der Waals surface area contributed by atoms with Crippen molar-refractivity contribution in [2.24, 2.45) is 0 Å². The number of ether oxygens (including phenoxy) is 1. The molecule has 1 heterocycles. The van der Waals surface area contributed by atoms with E-state index in [2.05, 4.69) is 39.8 Å². The van der Waals surface area contributed by atoms with Gasteiger partial charge in [0, 0.05) is 31.7 Å². The second-order valence-electron chi connectivity index (χ2n) is 10.6. The highest BCUT2D eigenvalue weighted by Gasteiger charge is 2.22. The third kappa shape index (κ3) is 7.98. The normalized spacial score (nSPS) is 13.8. The van der Waals surface area contributed by atoms with Crippen LogP contribution in [0, 0.1) is 0 Å². The molecule has 0 saturated carbocycles. The van der Waals surface area contributed by atoms with Crippen LogP contribution in [0.1, 0.15) is 34.3 Å². The van der Waals surface area contributed by atoms with E-state index in [1.165, 1.54) is 11.6 Å². The molecule has 0 bridgehead atoms. The highest BCUT2D eigenvalue weighted by molar-refractivity contribution is 5.96. The lowest BCUT2D eigenvalue weighted by Gasteiger charge is -2.31. The van der Waals surface area contributed by atoms with Crippen LogP contribution < -0.4 is 10.6 Å². The van der Waals surface area contributed by atoms with Crippen molar-refractivity contribution in [3.8, 4) is 16.9 Å². The number of hydrogen-bond acceptors (Lipinski definition) is 5. The van der Waals surface area contributed by atoms with E-state index in [1.54, 1.807) is 18.2 Å². The highest BCUT2D eigenvalue weighted by Crippen LogP contribution is 2.28. The standard InChI is InChI=1S/C35H37N3O4/c39-33-13-7-5-11-31(33)34(40)36-22-18-26-14-16-27(17-15-26)19-23-38-24-20-29(21-25-38)42-35(41)37-32-12-6-4-10-30(32)28-8-2-1-3-9-28/h1-17,29,39H,18-25H2,(H,36,40)(H,37,41). The first kappa shape index (κ1) is 28.9. The molecule has 0 atom stereocenters. The van der Waals surface area contributed by atoms with E-state index in [0.29, 0.717) is 6.54 Å². The van der Waals surface area contributed by atoms with Crippen molar-refractivity contribution in [3.63, 3.8) is 0 Å². The van der Waals surface area contributed by atoms with Crippen molar-refractivity contribution >= 4 is 17.7 Å². The van der Waals surface area contributed by atoms with Gasteiger partial charge in [0.05, 0.1) is 11.3 Å². The number of amides is 2. The molecule has 4 aromatic rings. The van der Waals surface area contributed by atoms with E-state index in [0.717, 1.165) is 67.7 Å². The predicted octanol–water partition coefficient (Wildman–Crippen LogP) is 6.29. The molecule has 3 N–H and O–H groups in total. The first-order valence-corrected chi connectivity index (χ1v) is 14.5. The molecular formula is C35H37N3O4. The van der Waals surface area contributed by atoms with E-state index < -0.39 is 6.09 Å². The fourth-order valence-corrected chi connectivity index (χ4v) is 5.24. The Morgan fingerprint density at radius 1 is 0.786 bits per heavy atom. The van der Waals surface area contributed by atoms with Gasteiger partial charge < -0.3 is 20.1 Å². The van der Waals surface area contributed by atoms with Crippen LogP contribution in [0.15, 0.2) is 103 Å². The third-order valence-electron chi connectivity index (χ3n) is 7.64. The van der Waals surface area contributed by atoms with Gasteiger partial charge in [0.2, 0.25) is 0 Å². The van der Waals surface area contributed by atoms with Gasteiger partial charge in [-0.15, -0.1) is 0 Å². The number of piperidine rings is 1. The Morgan fingerprint density at radius 2 is 1.43 bits per heavy atom. The van der Waals surface area contributed by atoms with Crippen molar-refractivity contribution in [2.75, 3.05) is 31.5 Å². The summed E-state index contributed by atoms with van der Waals surface area (Å²) < 4.78 is 5.77. The number of para-hydroxylation sites is 2. The molecule has 1 saturated heterocycles. The van der Waals surface area contributed by atoms with Crippen LogP contribution in [-0.2, 0) is 17.6 Å². The van der Waals surface area contributed by atoms with Crippen molar-refractivity contribution < 1.29 is 19.4 Å². The lowest BCUT2D eigenvalue weighted by atomic mass is 10.0. The zero-order valence-electron chi connectivity index (χ0n) is 23.7. The average molecular weight is 564 g/mol. The molecule has 216 valence electrons. The largest absolute Gasteiger partial charge is 0.507 e. The molecule has 4 aromatic carbocycles. The number of hydrogen-bond donors (Lipinski definition) is 3. The SMILES string of the molecule is O=C(Nc1ccccc1-c1ccccc1)OC1CCN(CCc2ccc(CCNC(=O)c3ccccc3O)cc2)CC1. The van der Waals surface area contributed by atoms with Gasteiger partial charge in [-0.3, -0.25) is 10.1 Å². The topological polar surface area (TPSA) is 90.9 Å². The van der Waals surface area contributed by atoms with Gasteiger partial charge >= 0.3 is 6.09 Å². The molecule has 1 fully saturated rings. The fraction of sp³-hybridized carbons (Fsp3) is 0.257. The molecule has 42 heavy (non-hydrogen) atoms. The number of phenols is 1. The number of nitrogens with one attached hydrogen (secondary N) is 2. The van der Waals surface area contributed by atoms with Crippen molar-refractivity contribution in [1.29, 1.82) is 0 Å². The van der Waals surface area contributed by atoms with Crippen LogP contribution in [-0.4, -0.2) is 54.3 Å². The number of carbonyl (C=O) groups is 2. The number of aromatic hydroxyl groups is 1. The van der Waals surface area contributed by atoms with Crippen molar-refractivity contribution in [2.45, 2.75) is 31.8 Å². The van der Waals surface area contributed by atoms with Crippen molar-refractivity contribution in [1.82, 2.24) is 10.2 Å². The van der Waals surface area contributed by atoms with Crippen molar-refractivity contribution in [3.05, 3.63) is 120 Å². The maximum absolute atomic E-state index is 12.7. The Kier molecular flexibility index (Phi) is 9.86. The summed E-state index contributed by atoms with van der Waals surface area (Å²) in [6.07, 6.45) is 2.81. The molecule has 5 rings (SSSR count). The Hall–Kier alpha value is -4.62. The van der Waals surface area contributed by atoms with Gasteiger partial charge in [0.1, 0.15) is 11.9 Å². The summed E-state index contributed by atoms with van der Waals surface area (Å²) in [5.74, 6) is -0.282.